The van der Waals surface area contributed by atoms with Crippen LogP contribution in [0, 0.1) is 0 Å². The van der Waals surface area contributed by atoms with Gasteiger partial charge in [0.25, 0.3) is 0 Å². The van der Waals surface area contributed by atoms with Crippen LogP contribution in [0.1, 0.15) is 20.3 Å². The molecule has 0 aliphatic carbocycles. The highest BCUT2D eigenvalue weighted by molar-refractivity contribution is 5.77. The van der Waals surface area contributed by atoms with E-state index in [2.05, 4.69) is 5.32 Å². The molecule has 0 aromatic carbocycles. The molecule has 1 atom stereocenters. The van der Waals surface area contributed by atoms with E-state index in [1.54, 1.807) is 18.9 Å². The lowest BCUT2D eigenvalue weighted by atomic mass is 10.2. The van der Waals surface area contributed by atoms with Gasteiger partial charge in [0.15, 0.2) is 0 Å². The number of esters is 1. The van der Waals surface area contributed by atoms with E-state index < -0.39 is 12.1 Å². The van der Waals surface area contributed by atoms with Gasteiger partial charge >= 0.3 is 5.97 Å². The number of nitrogens with zero attached hydrogens (tertiary/aromatic N) is 1. The van der Waals surface area contributed by atoms with Crippen molar-refractivity contribution in [2.45, 2.75) is 26.4 Å². The Morgan fingerprint density at radius 2 is 2.06 bits per heavy atom. The summed E-state index contributed by atoms with van der Waals surface area (Å²) < 4.78 is 4.72. The van der Waals surface area contributed by atoms with Crippen molar-refractivity contribution in [3.63, 3.8) is 0 Å². The summed E-state index contributed by atoms with van der Waals surface area (Å²) in [5, 5.41) is 12.2. The molecule has 0 aliphatic rings. The van der Waals surface area contributed by atoms with Gasteiger partial charge in [-0.2, -0.15) is 0 Å². The Hall–Kier alpha value is -1.14. The quantitative estimate of drug-likeness (QED) is 0.557. The molecule has 0 heterocycles. The molecule has 6 heteroatoms. The van der Waals surface area contributed by atoms with Gasteiger partial charge in [0, 0.05) is 13.1 Å². The monoisotopic (exact) mass is 246 g/mol. The average molecular weight is 246 g/mol. The Bertz CT molecular complexity index is 222. The van der Waals surface area contributed by atoms with Crippen molar-refractivity contribution in [3.8, 4) is 0 Å². The van der Waals surface area contributed by atoms with E-state index in [-0.39, 0.29) is 25.4 Å². The lowest BCUT2D eigenvalue weighted by molar-refractivity contribution is -0.145. The van der Waals surface area contributed by atoms with Gasteiger partial charge < -0.3 is 15.2 Å². The van der Waals surface area contributed by atoms with Crippen LogP contribution in [-0.2, 0) is 14.3 Å². The second kappa shape index (κ2) is 8.95. The van der Waals surface area contributed by atoms with Crippen LogP contribution >= 0.6 is 0 Å². The summed E-state index contributed by atoms with van der Waals surface area (Å²) in [6.45, 7) is 4.90. The minimum absolute atomic E-state index is 0.0480. The molecule has 17 heavy (non-hydrogen) atoms. The molecule has 0 saturated heterocycles. The summed E-state index contributed by atoms with van der Waals surface area (Å²) in [4.78, 5) is 24.0. The van der Waals surface area contributed by atoms with Crippen LogP contribution in [0.5, 0.6) is 0 Å². The molecule has 0 aromatic heterocycles. The molecule has 0 bridgehead atoms. The van der Waals surface area contributed by atoms with Crippen molar-refractivity contribution >= 4 is 11.9 Å². The van der Waals surface area contributed by atoms with Crippen molar-refractivity contribution in [3.05, 3.63) is 0 Å². The van der Waals surface area contributed by atoms with Crippen LogP contribution in [0.4, 0.5) is 0 Å². The van der Waals surface area contributed by atoms with Gasteiger partial charge in [0.1, 0.15) is 0 Å². The minimum atomic E-state index is -0.812. The highest BCUT2D eigenvalue weighted by atomic mass is 16.5. The lowest BCUT2D eigenvalue weighted by Crippen LogP contribution is -2.39. The van der Waals surface area contributed by atoms with Crippen molar-refractivity contribution in [1.82, 2.24) is 10.2 Å². The minimum Gasteiger partial charge on any atom is -0.466 e. The van der Waals surface area contributed by atoms with Gasteiger partial charge in [-0.1, -0.05) is 0 Å². The molecule has 0 radical (unpaired) electrons. The number of aliphatic hydroxyl groups excluding tert-OH is 1. The largest absolute Gasteiger partial charge is 0.466 e. The predicted octanol–water partition coefficient (Wildman–Crippen LogP) is -0.632. The number of ether oxygens (including phenoxy) is 1. The summed E-state index contributed by atoms with van der Waals surface area (Å²) in [6.07, 6.45) is -0.860. The van der Waals surface area contributed by atoms with E-state index in [1.807, 2.05) is 6.92 Å². The highest BCUT2D eigenvalue weighted by Crippen LogP contribution is 1.97. The first-order valence-electron chi connectivity index (χ1n) is 5.78. The van der Waals surface area contributed by atoms with Crippen molar-refractivity contribution < 1.29 is 19.4 Å². The van der Waals surface area contributed by atoms with Gasteiger partial charge in [-0.05, 0) is 20.9 Å². The lowest BCUT2D eigenvalue weighted by Gasteiger charge is -2.19. The summed E-state index contributed by atoms with van der Waals surface area (Å²) in [7, 11) is 1.71. The first kappa shape index (κ1) is 15.9. The van der Waals surface area contributed by atoms with Crippen LogP contribution in [0.2, 0.25) is 0 Å². The zero-order valence-corrected chi connectivity index (χ0v) is 10.7. The second-order valence-electron chi connectivity index (χ2n) is 3.81. The SMILES string of the molecule is CCNC(=O)CN(C)CC(O)CC(=O)OCC. The molecule has 0 fully saturated rings. The molecule has 0 rings (SSSR count). The number of hydrogen-bond donors (Lipinski definition) is 2. The standard InChI is InChI=1S/C11H22N2O4/c1-4-12-10(15)8-13(3)7-9(14)6-11(16)17-5-2/h9,14H,4-8H2,1-3H3,(H,12,15). The Balaban J connectivity index is 3.82. The zero-order chi connectivity index (χ0) is 13.3. The van der Waals surface area contributed by atoms with Crippen LogP contribution in [0.15, 0.2) is 0 Å². The van der Waals surface area contributed by atoms with Crippen LogP contribution in [0.25, 0.3) is 0 Å². The molecule has 1 amide bonds. The van der Waals surface area contributed by atoms with Gasteiger partial charge in [-0.3, -0.25) is 14.5 Å². The molecule has 1 unspecified atom stereocenters. The fourth-order valence-corrected chi connectivity index (χ4v) is 1.40. The summed E-state index contributed by atoms with van der Waals surface area (Å²) in [6, 6.07) is 0. The van der Waals surface area contributed by atoms with E-state index in [0.717, 1.165) is 0 Å². The maximum absolute atomic E-state index is 11.2. The smallest absolute Gasteiger partial charge is 0.308 e. The molecule has 0 aliphatic heterocycles. The van der Waals surface area contributed by atoms with Crippen LogP contribution in [0.3, 0.4) is 0 Å². The van der Waals surface area contributed by atoms with Gasteiger partial charge in [-0.25, -0.2) is 0 Å². The molecule has 6 nitrogen and oxygen atoms in total. The van der Waals surface area contributed by atoms with E-state index in [0.29, 0.717) is 13.2 Å². The summed E-state index contributed by atoms with van der Waals surface area (Å²) in [5.74, 6) is -0.523. The molecule has 2 N–H and O–H groups in total. The maximum atomic E-state index is 11.2. The van der Waals surface area contributed by atoms with Crippen LogP contribution < -0.4 is 5.32 Å². The average Bonchev–Trinajstić information content (AvgIpc) is 2.16. The molecule has 0 saturated carbocycles. The van der Waals surface area contributed by atoms with Gasteiger partial charge in [-0.15, -0.1) is 0 Å². The van der Waals surface area contributed by atoms with Crippen molar-refractivity contribution in [2.24, 2.45) is 0 Å². The molecule has 0 spiro atoms. The number of carbonyl (C=O) groups is 2. The third-order valence-corrected chi connectivity index (χ3v) is 2.02. The number of nitrogens with one attached hydrogen (secondary N) is 1. The van der Waals surface area contributed by atoms with E-state index in [9.17, 15) is 14.7 Å². The van der Waals surface area contributed by atoms with E-state index >= 15 is 0 Å². The van der Waals surface area contributed by atoms with E-state index in [4.69, 9.17) is 4.74 Å². The van der Waals surface area contributed by atoms with Gasteiger partial charge in [0.2, 0.25) is 5.91 Å². The Morgan fingerprint density at radius 3 is 2.59 bits per heavy atom. The Kier molecular flexibility index (Phi) is 8.35. The predicted molar refractivity (Wildman–Crippen MR) is 63.4 cm³/mol. The number of likely N-dealkylation sites (N-methyl/N-ethyl adjacent to an activating group) is 2. The highest BCUT2D eigenvalue weighted by Gasteiger charge is 2.15. The number of carbonyl (C=O) groups excluding carboxylic acids is 2. The topological polar surface area (TPSA) is 78.9 Å². The third-order valence-electron chi connectivity index (χ3n) is 2.02. The third kappa shape index (κ3) is 8.65. The zero-order valence-electron chi connectivity index (χ0n) is 10.7. The van der Waals surface area contributed by atoms with Crippen molar-refractivity contribution in [1.29, 1.82) is 0 Å². The number of aliphatic hydroxyl groups is 1. The van der Waals surface area contributed by atoms with Crippen molar-refractivity contribution in [2.75, 3.05) is 33.3 Å². The Morgan fingerprint density at radius 1 is 1.41 bits per heavy atom. The molecule has 100 valence electrons. The number of amides is 1. The summed E-state index contributed by atoms with van der Waals surface area (Å²) in [5.41, 5.74) is 0. The molecule has 0 aromatic rings. The Labute approximate surface area is 102 Å². The fraction of sp³-hybridized carbons (Fsp3) is 0.818. The normalized spacial score (nSPS) is 12.3. The number of hydrogen-bond acceptors (Lipinski definition) is 5. The van der Waals surface area contributed by atoms with Gasteiger partial charge in [0.05, 0.1) is 25.7 Å². The van der Waals surface area contributed by atoms with Crippen LogP contribution in [-0.4, -0.2) is 61.3 Å². The van der Waals surface area contributed by atoms with E-state index in [1.165, 1.54) is 0 Å². The first-order chi connectivity index (χ1) is 7.99. The molecular formula is C11H22N2O4. The number of rotatable bonds is 8. The molecular weight excluding hydrogens is 224 g/mol. The first-order valence-corrected chi connectivity index (χ1v) is 5.78. The maximum Gasteiger partial charge on any atom is 0.308 e. The second-order valence-corrected chi connectivity index (χ2v) is 3.81. The summed E-state index contributed by atoms with van der Waals surface area (Å²) >= 11 is 0. The fourth-order valence-electron chi connectivity index (χ4n) is 1.40.